The van der Waals surface area contributed by atoms with Crippen LogP contribution in [-0.4, -0.2) is 22.4 Å². The highest BCUT2D eigenvalue weighted by molar-refractivity contribution is 5.03. The van der Waals surface area contributed by atoms with E-state index in [0.717, 1.165) is 18.9 Å². The molecule has 18 heavy (non-hydrogen) atoms. The molecule has 0 saturated heterocycles. The van der Waals surface area contributed by atoms with Crippen LogP contribution in [0.5, 0.6) is 0 Å². The predicted molar refractivity (Wildman–Crippen MR) is 75.6 cm³/mol. The van der Waals surface area contributed by atoms with E-state index in [0.29, 0.717) is 6.04 Å². The topological polar surface area (TPSA) is 29.9 Å². The molecular formula is C15H27N3. The van der Waals surface area contributed by atoms with Crippen molar-refractivity contribution < 1.29 is 0 Å². The van der Waals surface area contributed by atoms with Crippen molar-refractivity contribution in [2.75, 3.05) is 6.54 Å². The van der Waals surface area contributed by atoms with E-state index in [1.807, 2.05) is 17.9 Å². The van der Waals surface area contributed by atoms with Crippen molar-refractivity contribution >= 4 is 0 Å². The summed E-state index contributed by atoms with van der Waals surface area (Å²) in [7, 11) is 1.98. The Labute approximate surface area is 111 Å². The molecule has 0 aliphatic heterocycles. The van der Waals surface area contributed by atoms with Gasteiger partial charge in [0.2, 0.25) is 0 Å². The molecule has 0 radical (unpaired) electrons. The van der Waals surface area contributed by atoms with Gasteiger partial charge in [0.25, 0.3) is 0 Å². The third kappa shape index (κ3) is 4.13. The van der Waals surface area contributed by atoms with Crippen LogP contribution >= 0.6 is 0 Å². The monoisotopic (exact) mass is 249 g/mol. The molecule has 3 heteroatoms. The maximum absolute atomic E-state index is 4.21. The Morgan fingerprint density at radius 3 is 2.67 bits per heavy atom. The minimum Gasteiger partial charge on any atom is -0.314 e. The summed E-state index contributed by atoms with van der Waals surface area (Å²) in [5.41, 5.74) is 1.33. The van der Waals surface area contributed by atoms with Crippen LogP contribution in [0.25, 0.3) is 0 Å². The molecule has 1 aromatic rings. The van der Waals surface area contributed by atoms with E-state index in [2.05, 4.69) is 23.5 Å². The van der Waals surface area contributed by atoms with Crippen LogP contribution in [0.15, 0.2) is 12.4 Å². The van der Waals surface area contributed by atoms with Gasteiger partial charge in [-0.1, -0.05) is 25.7 Å². The van der Waals surface area contributed by atoms with Crippen molar-refractivity contribution in [1.29, 1.82) is 0 Å². The zero-order valence-electron chi connectivity index (χ0n) is 11.9. The molecular weight excluding hydrogens is 222 g/mol. The van der Waals surface area contributed by atoms with Crippen molar-refractivity contribution in [3.8, 4) is 0 Å². The first-order valence-corrected chi connectivity index (χ1v) is 7.46. The highest BCUT2D eigenvalue weighted by atomic mass is 15.2. The van der Waals surface area contributed by atoms with Gasteiger partial charge in [-0.25, -0.2) is 0 Å². The molecule has 1 aliphatic carbocycles. The van der Waals surface area contributed by atoms with Crippen LogP contribution in [-0.2, 0) is 13.5 Å². The van der Waals surface area contributed by atoms with Crippen molar-refractivity contribution in [2.45, 2.75) is 57.9 Å². The molecule has 2 rings (SSSR count). The second-order valence-corrected chi connectivity index (χ2v) is 5.77. The molecule has 1 fully saturated rings. The number of hydrogen-bond acceptors (Lipinski definition) is 2. The minimum absolute atomic E-state index is 0.666. The van der Waals surface area contributed by atoms with Crippen LogP contribution in [0.3, 0.4) is 0 Å². The Hall–Kier alpha value is -0.830. The highest BCUT2D eigenvalue weighted by Crippen LogP contribution is 2.25. The van der Waals surface area contributed by atoms with E-state index >= 15 is 0 Å². The third-order valence-electron chi connectivity index (χ3n) is 4.25. The molecule has 1 saturated carbocycles. The largest absolute Gasteiger partial charge is 0.314 e. The van der Waals surface area contributed by atoms with Crippen LogP contribution in [0.1, 0.15) is 51.0 Å². The summed E-state index contributed by atoms with van der Waals surface area (Å²) in [6.45, 7) is 3.43. The second kappa shape index (κ2) is 6.93. The SMILES string of the molecule is C[C@@H](NCCc1cnn(C)c1)C1CCCCCC1. The van der Waals surface area contributed by atoms with Gasteiger partial charge in [0.05, 0.1) is 6.20 Å². The Bertz CT molecular complexity index is 337. The van der Waals surface area contributed by atoms with E-state index in [4.69, 9.17) is 0 Å². The lowest BCUT2D eigenvalue weighted by atomic mass is 9.93. The van der Waals surface area contributed by atoms with Gasteiger partial charge >= 0.3 is 0 Å². The van der Waals surface area contributed by atoms with E-state index in [-0.39, 0.29) is 0 Å². The lowest BCUT2D eigenvalue weighted by Gasteiger charge is -2.23. The number of rotatable bonds is 5. The van der Waals surface area contributed by atoms with Crippen LogP contribution in [0, 0.1) is 5.92 Å². The Morgan fingerprint density at radius 1 is 1.33 bits per heavy atom. The first-order chi connectivity index (χ1) is 8.75. The summed E-state index contributed by atoms with van der Waals surface area (Å²) >= 11 is 0. The highest BCUT2D eigenvalue weighted by Gasteiger charge is 2.18. The van der Waals surface area contributed by atoms with Gasteiger partial charge in [-0.3, -0.25) is 4.68 Å². The normalized spacial score (nSPS) is 19.7. The summed E-state index contributed by atoms with van der Waals surface area (Å²) in [5.74, 6) is 0.890. The molecule has 0 unspecified atom stereocenters. The van der Waals surface area contributed by atoms with E-state index in [9.17, 15) is 0 Å². The summed E-state index contributed by atoms with van der Waals surface area (Å²) in [4.78, 5) is 0. The van der Waals surface area contributed by atoms with Gasteiger partial charge in [0.15, 0.2) is 0 Å². The zero-order chi connectivity index (χ0) is 12.8. The molecule has 1 atom stereocenters. The number of nitrogens with zero attached hydrogens (tertiary/aromatic N) is 2. The average molecular weight is 249 g/mol. The average Bonchev–Trinajstić information content (AvgIpc) is 2.63. The molecule has 102 valence electrons. The molecule has 1 heterocycles. The molecule has 0 spiro atoms. The fraction of sp³-hybridized carbons (Fsp3) is 0.800. The second-order valence-electron chi connectivity index (χ2n) is 5.77. The molecule has 0 bridgehead atoms. The van der Waals surface area contributed by atoms with Crippen LogP contribution in [0.4, 0.5) is 0 Å². The molecule has 0 amide bonds. The molecule has 0 aromatic carbocycles. The summed E-state index contributed by atoms with van der Waals surface area (Å²) in [6, 6.07) is 0.666. The Morgan fingerprint density at radius 2 is 2.06 bits per heavy atom. The van der Waals surface area contributed by atoms with Gasteiger partial charge in [0, 0.05) is 19.3 Å². The van der Waals surface area contributed by atoms with Gasteiger partial charge in [-0.2, -0.15) is 5.10 Å². The minimum atomic E-state index is 0.666. The smallest absolute Gasteiger partial charge is 0.0522 e. The molecule has 1 N–H and O–H groups in total. The van der Waals surface area contributed by atoms with Crippen molar-refractivity contribution in [3.05, 3.63) is 18.0 Å². The first-order valence-electron chi connectivity index (χ1n) is 7.46. The Balaban J connectivity index is 1.68. The van der Waals surface area contributed by atoms with Crippen molar-refractivity contribution in [3.63, 3.8) is 0 Å². The van der Waals surface area contributed by atoms with Gasteiger partial charge in [0.1, 0.15) is 0 Å². The van der Waals surface area contributed by atoms with E-state index in [1.54, 1.807) is 0 Å². The number of aromatic nitrogens is 2. The number of hydrogen-bond donors (Lipinski definition) is 1. The predicted octanol–water partition coefficient (Wildman–Crippen LogP) is 2.91. The maximum atomic E-state index is 4.21. The van der Waals surface area contributed by atoms with E-state index in [1.165, 1.54) is 44.1 Å². The number of nitrogens with one attached hydrogen (secondary N) is 1. The van der Waals surface area contributed by atoms with Crippen molar-refractivity contribution in [1.82, 2.24) is 15.1 Å². The lowest BCUT2D eigenvalue weighted by molar-refractivity contribution is 0.339. The summed E-state index contributed by atoms with van der Waals surface area (Å²) < 4.78 is 1.88. The van der Waals surface area contributed by atoms with Crippen molar-refractivity contribution in [2.24, 2.45) is 13.0 Å². The standard InChI is InChI=1S/C15H27N3/c1-13(15-7-5-3-4-6-8-15)16-10-9-14-11-17-18(2)12-14/h11-13,15-16H,3-10H2,1-2H3/t13-/m1/s1. The summed E-state index contributed by atoms with van der Waals surface area (Å²) in [5, 5.41) is 7.91. The molecule has 3 nitrogen and oxygen atoms in total. The Kier molecular flexibility index (Phi) is 5.24. The quantitative estimate of drug-likeness (QED) is 0.813. The molecule has 1 aliphatic rings. The van der Waals surface area contributed by atoms with E-state index < -0.39 is 0 Å². The zero-order valence-corrected chi connectivity index (χ0v) is 11.9. The van der Waals surface area contributed by atoms with Crippen LogP contribution < -0.4 is 5.32 Å². The molecule has 1 aromatic heterocycles. The first kappa shape index (κ1) is 13.6. The fourth-order valence-electron chi connectivity index (χ4n) is 3.02. The van der Waals surface area contributed by atoms with Gasteiger partial charge in [-0.15, -0.1) is 0 Å². The lowest BCUT2D eigenvalue weighted by Crippen LogP contribution is -2.34. The fourth-order valence-corrected chi connectivity index (χ4v) is 3.02. The summed E-state index contributed by atoms with van der Waals surface area (Å²) in [6.07, 6.45) is 13.7. The van der Waals surface area contributed by atoms with Crippen LogP contribution in [0.2, 0.25) is 0 Å². The van der Waals surface area contributed by atoms with Gasteiger partial charge in [-0.05, 0) is 44.2 Å². The third-order valence-corrected chi connectivity index (χ3v) is 4.25. The van der Waals surface area contributed by atoms with Gasteiger partial charge < -0.3 is 5.32 Å². The number of aryl methyl sites for hydroxylation is 1. The maximum Gasteiger partial charge on any atom is 0.0522 e.